The number of aromatic nitrogens is 2. The predicted molar refractivity (Wildman–Crippen MR) is 85.6 cm³/mol. The van der Waals surface area contributed by atoms with Gasteiger partial charge in [0.25, 0.3) is 0 Å². The molecule has 0 atom stereocenters. The molecule has 1 N–H and O–H groups in total. The first-order valence-corrected chi connectivity index (χ1v) is 7.66. The zero-order valence-electron chi connectivity index (χ0n) is 11.6. The Morgan fingerprint density at radius 1 is 1.24 bits per heavy atom. The Morgan fingerprint density at radius 3 is 2.76 bits per heavy atom. The molecular formula is C15H13ClFN3S. The zero-order chi connectivity index (χ0) is 15.0. The van der Waals surface area contributed by atoms with Crippen LogP contribution in [0.3, 0.4) is 0 Å². The number of hydrogen-bond donors (Lipinski definition) is 1. The summed E-state index contributed by atoms with van der Waals surface area (Å²) in [6, 6.07) is 6.67. The van der Waals surface area contributed by atoms with Gasteiger partial charge in [0.05, 0.1) is 5.39 Å². The van der Waals surface area contributed by atoms with Gasteiger partial charge < -0.3 is 5.32 Å². The molecule has 0 bridgehead atoms. The fourth-order valence-corrected chi connectivity index (χ4v) is 3.42. The van der Waals surface area contributed by atoms with Crippen molar-refractivity contribution in [3.63, 3.8) is 0 Å². The van der Waals surface area contributed by atoms with Crippen molar-refractivity contribution in [2.45, 2.75) is 20.4 Å². The van der Waals surface area contributed by atoms with E-state index in [9.17, 15) is 4.39 Å². The van der Waals surface area contributed by atoms with Gasteiger partial charge in [-0.3, -0.25) is 0 Å². The summed E-state index contributed by atoms with van der Waals surface area (Å²) in [7, 11) is 0. The number of nitrogens with zero attached hydrogens (tertiary/aromatic N) is 2. The van der Waals surface area contributed by atoms with Crippen molar-refractivity contribution in [3.8, 4) is 0 Å². The molecule has 0 saturated carbocycles. The van der Waals surface area contributed by atoms with Crippen molar-refractivity contribution in [1.29, 1.82) is 0 Å². The largest absolute Gasteiger partial charge is 0.365 e. The van der Waals surface area contributed by atoms with E-state index in [-0.39, 0.29) is 11.1 Å². The summed E-state index contributed by atoms with van der Waals surface area (Å²) < 4.78 is 13.7. The average Bonchev–Trinajstić information content (AvgIpc) is 2.72. The summed E-state index contributed by atoms with van der Waals surface area (Å²) in [6.45, 7) is 4.42. The Hall–Kier alpha value is -1.72. The first kappa shape index (κ1) is 14.2. The molecule has 0 aliphatic heterocycles. The second-order valence-corrected chi connectivity index (χ2v) is 6.29. The maximum Gasteiger partial charge on any atom is 0.225 e. The van der Waals surface area contributed by atoms with Crippen molar-refractivity contribution >= 4 is 39.0 Å². The van der Waals surface area contributed by atoms with E-state index in [0.717, 1.165) is 15.8 Å². The topological polar surface area (TPSA) is 37.8 Å². The maximum atomic E-state index is 13.7. The third kappa shape index (κ3) is 2.71. The van der Waals surface area contributed by atoms with Gasteiger partial charge in [0.2, 0.25) is 5.28 Å². The summed E-state index contributed by atoms with van der Waals surface area (Å²) in [5.41, 5.74) is 1.72. The number of halogens is 2. The highest BCUT2D eigenvalue weighted by Crippen LogP contribution is 2.34. The molecule has 2 aromatic heterocycles. The first-order chi connectivity index (χ1) is 10.1. The molecule has 0 saturated heterocycles. The average molecular weight is 322 g/mol. The third-order valence-electron chi connectivity index (χ3n) is 3.41. The summed E-state index contributed by atoms with van der Waals surface area (Å²) in [6.07, 6.45) is 0. The van der Waals surface area contributed by atoms with Crippen LogP contribution in [0.4, 0.5) is 10.2 Å². The van der Waals surface area contributed by atoms with E-state index in [1.807, 2.05) is 19.9 Å². The highest BCUT2D eigenvalue weighted by molar-refractivity contribution is 7.18. The van der Waals surface area contributed by atoms with Crippen molar-refractivity contribution in [2.24, 2.45) is 0 Å². The normalized spacial score (nSPS) is 11.0. The van der Waals surface area contributed by atoms with Gasteiger partial charge in [-0.25, -0.2) is 14.4 Å². The molecular weight excluding hydrogens is 309 g/mol. The SMILES string of the molecule is Cc1sc2nc(Cl)nc(NCc3ccccc3F)c2c1C. The van der Waals surface area contributed by atoms with E-state index in [1.165, 1.54) is 10.9 Å². The van der Waals surface area contributed by atoms with Gasteiger partial charge in [0.1, 0.15) is 16.5 Å². The first-order valence-electron chi connectivity index (χ1n) is 6.47. The van der Waals surface area contributed by atoms with Gasteiger partial charge in [-0.05, 0) is 37.1 Å². The van der Waals surface area contributed by atoms with Crippen LogP contribution in [0.15, 0.2) is 24.3 Å². The molecule has 0 radical (unpaired) electrons. The molecule has 0 unspecified atom stereocenters. The quantitative estimate of drug-likeness (QED) is 0.710. The minimum absolute atomic E-state index is 0.194. The number of rotatable bonds is 3. The molecule has 3 rings (SSSR count). The van der Waals surface area contributed by atoms with Gasteiger partial charge in [0.15, 0.2) is 0 Å². The Bertz CT molecular complexity index is 816. The van der Waals surface area contributed by atoms with Crippen molar-refractivity contribution in [2.75, 3.05) is 5.32 Å². The van der Waals surface area contributed by atoms with Crippen LogP contribution in [0, 0.1) is 19.7 Å². The van der Waals surface area contributed by atoms with Crippen molar-refractivity contribution in [3.05, 3.63) is 51.4 Å². The van der Waals surface area contributed by atoms with Gasteiger partial charge in [0, 0.05) is 17.0 Å². The van der Waals surface area contributed by atoms with Gasteiger partial charge in [-0.2, -0.15) is 0 Å². The van der Waals surface area contributed by atoms with Crippen molar-refractivity contribution < 1.29 is 4.39 Å². The molecule has 21 heavy (non-hydrogen) atoms. The number of hydrogen-bond acceptors (Lipinski definition) is 4. The lowest BCUT2D eigenvalue weighted by Crippen LogP contribution is -2.04. The molecule has 2 heterocycles. The number of aryl methyl sites for hydroxylation is 2. The molecule has 108 valence electrons. The number of benzene rings is 1. The van der Waals surface area contributed by atoms with Crippen LogP contribution in [0.1, 0.15) is 16.0 Å². The zero-order valence-corrected chi connectivity index (χ0v) is 13.1. The monoisotopic (exact) mass is 321 g/mol. The maximum absolute atomic E-state index is 13.7. The minimum Gasteiger partial charge on any atom is -0.365 e. The molecule has 0 spiro atoms. The van der Waals surface area contributed by atoms with Crippen LogP contribution in [0.5, 0.6) is 0 Å². The van der Waals surface area contributed by atoms with Crippen LogP contribution in [0.2, 0.25) is 5.28 Å². The molecule has 0 amide bonds. The van der Waals surface area contributed by atoms with E-state index in [2.05, 4.69) is 15.3 Å². The molecule has 0 aliphatic carbocycles. The number of fused-ring (bicyclic) bond motifs is 1. The van der Waals surface area contributed by atoms with E-state index in [1.54, 1.807) is 23.5 Å². The van der Waals surface area contributed by atoms with Crippen molar-refractivity contribution in [1.82, 2.24) is 9.97 Å². The van der Waals surface area contributed by atoms with Gasteiger partial charge in [-0.15, -0.1) is 11.3 Å². The lowest BCUT2D eigenvalue weighted by Gasteiger charge is -2.08. The molecule has 0 aliphatic rings. The smallest absolute Gasteiger partial charge is 0.225 e. The van der Waals surface area contributed by atoms with Crippen LogP contribution in [0.25, 0.3) is 10.2 Å². The fraction of sp³-hybridized carbons (Fsp3) is 0.200. The highest BCUT2D eigenvalue weighted by Gasteiger charge is 2.14. The van der Waals surface area contributed by atoms with Gasteiger partial charge in [-0.1, -0.05) is 18.2 Å². The number of thiophene rings is 1. The summed E-state index contributed by atoms with van der Waals surface area (Å²) in [4.78, 5) is 10.5. The number of nitrogens with one attached hydrogen (secondary N) is 1. The van der Waals surface area contributed by atoms with E-state index >= 15 is 0 Å². The Kier molecular flexibility index (Phi) is 3.78. The molecule has 3 nitrogen and oxygen atoms in total. The standard InChI is InChI=1S/C15H13ClFN3S/c1-8-9(2)21-14-12(8)13(19-15(16)20-14)18-7-10-5-3-4-6-11(10)17/h3-6H,7H2,1-2H3,(H,18,19,20). The molecule has 0 fully saturated rings. The minimum atomic E-state index is -0.236. The highest BCUT2D eigenvalue weighted by atomic mass is 35.5. The molecule has 3 aromatic rings. The summed E-state index contributed by atoms with van der Waals surface area (Å²) in [5, 5.41) is 4.32. The Balaban J connectivity index is 1.99. The second-order valence-electron chi connectivity index (χ2n) is 4.75. The van der Waals surface area contributed by atoms with Crippen LogP contribution < -0.4 is 5.32 Å². The van der Waals surface area contributed by atoms with Gasteiger partial charge >= 0.3 is 0 Å². The van der Waals surface area contributed by atoms with Crippen LogP contribution >= 0.6 is 22.9 Å². The Morgan fingerprint density at radius 2 is 2.00 bits per heavy atom. The fourth-order valence-electron chi connectivity index (χ4n) is 2.17. The van der Waals surface area contributed by atoms with Crippen LogP contribution in [-0.4, -0.2) is 9.97 Å². The van der Waals surface area contributed by atoms with Crippen LogP contribution in [-0.2, 0) is 6.54 Å². The third-order valence-corrected chi connectivity index (χ3v) is 4.68. The lowest BCUT2D eigenvalue weighted by molar-refractivity contribution is 0.613. The second kappa shape index (κ2) is 5.58. The summed E-state index contributed by atoms with van der Waals surface area (Å²) in [5.74, 6) is 0.412. The molecule has 1 aromatic carbocycles. The predicted octanol–water partition coefficient (Wildman–Crippen LogP) is 4.71. The summed E-state index contributed by atoms with van der Waals surface area (Å²) >= 11 is 7.55. The van der Waals surface area contributed by atoms with E-state index < -0.39 is 0 Å². The molecule has 6 heteroatoms. The lowest BCUT2D eigenvalue weighted by atomic mass is 10.2. The van der Waals surface area contributed by atoms with E-state index in [0.29, 0.717) is 17.9 Å². The number of anilines is 1. The van der Waals surface area contributed by atoms with E-state index in [4.69, 9.17) is 11.6 Å². The Labute approximate surface area is 130 Å².